The molecule has 0 fully saturated rings. The summed E-state index contributed by atoms with van der Waals surface area (Å²) in [4.78, 5) is 11.8. The molecule has 0 aliphatic rings. The first-order chi connectivity index (χ1) is 8.15. The van der Waals surface area contributed by atoms with Crippen LogP contribution in [0.25, 0.3) is 0 Å². The maximum Gasteiger partial charge on any atom is 0.251 e. The molecule has 0 saturated heterocycles. The van der Waals surface area contributed by atoms with Crippen LogP contribution in [0.5, 0.6) is 0 Å². The molecule has 1 heterocycles. The smallest absolute Gasteiger partial charge is 0.251 e. The molecule has 1 aromatic carbocycles. The van der Waals surface area contributed by atoms with Crippen molar-refractivity contribution < 1.29 is 4.79 Å². The van der Waals surface area contributed by atoms with E-state index < -0.39 is 0 Å². The van der Waals surface area contributed by atoms with Gasteiger partial charge in [0, 0.05) is 22.8 Å². The molecule has 2 rings (SSSR count). The topological polar surface area (TPSA) is 55.1 Å². The molecule has 1 aromatic heterocycles. The monoisotopic (exact) mass is 266 g/mol. The van der Waals surface area contributed by atoms with Gasteiger partial charge in [0.25, 0.3) is 5.91 Å². The van der Waals surface area contributed by atoms with Crippen molar-refractivity contribution in [2.45, 2.75) is 6.54 Å². The van der Waals surface area contributed by atoms with Crippen LogP contribution in [0.15, 0.2) is 35.0 Å². The van der Waals surface area contributed by atoms with Gasteiger partial charge >= 0.3 is 0 Å². The molecule has 0 atom stereocenters. The Kier molecular flexibility index (Phi) is 3.66. The average molecular weight is 267 g/mol. The van der Waals surface area contributed by atoms with E-state index in [1.807, 2.05) is 16.8 Å². The van der Waals surface area contributed by atoms with Gasteiger partial charge in [-0.2, -0.15) is 11.3 Å². The third kappa shape index (κ3) is 3.22. The highest BCUT2D eigenvalue weighted by Gasteiger charge is 2.07. The van der Waals surface area contributed by atoms with Crippen LogP contribution < -0.4 is 11.1 Å². The van der Waals surface area contributed by atoms with Crippen LogP contribution in [0.2, 0.25) is 5.02 Å². The Morgan fingerprint density at radius 2 is 2.24 bits per heavy atom. The van der Waals surface area contributed by atoms with E-state index >= 15 is 0 Å². The molecule has 3 nitrogen and oxygen atoms in total. The standard InChI is InChI=1S/C12H11ClN2OS/c13-10-3-9(4-11(14)5-10)12(16)15-6-8-1-2-17-7-8/h1-5,7H,6,14H2,(H,15,16). The number of hydrogen-bond donors (Lipinski definition) is 2. The van der Waals surface area contributed by atoms with Crippen LogP contribution in [-0.4, -0.2) is 5.91 Å². The third-order valence-electron chi connectivity index (χ3n) is 2.22. The molecule has 0 spiro atoms. The zero-order valence-corrected chi connectivity index (χ0v) is 10.5. The predicted octanol–water partition coefficient (Wildman–Crippen LogP) is 2.91. The molecule has 0 saturated carbocycles. The Labute approximate surface area is 108 Å². The highest BCUT2D eigenvalue weighted by atomic mass is 35.5. The minimum atomic E-state index is -0.176. The summed E-state index contributed by atoms with van der Waals surface area (Å²) >= 11 is 7.44. The van der Waals surface area contributed by atoms with E-state index in [1.54, 1.807) is 29.5 Å². The van der Waals surface area contributed by atoms with Gasteiger partial charge < -0.3 is 11.1 Å². The van der Waals surface area contributed by atoms with Crippen LogP contribution >= 0.6 is 22.9 Å². The number of nitrogens with one attached hydrogen (secondary N) is 1. The molecular weight excluding hydrogens is 256 g/mol. The van der Waals surface area contributed by atoms with Crippen LogP contribution in [0.4, 0.5) is 5.69 Å². The van der Waals surface area contributed by atoms with Gasteiger partial charge in [0.05, 0.1) is 0 Å². The summed E-state index contributed by atoms with van der Waals surface area (Å²) < 4.78 is 0. The van der Waals surface area contributed by atoms with Gasteiger partial charge in [-0.15, -0.1) is 0 Å². The average Bonchev–Trinajstić information content (AvgIpc) is 2.77. The number of anilines is 1. The fourth-order valence-corrected chi connectivity index (χ4v) is 2.33. The molecule has 0 radical (unpaired) electrons. The minimum Gasteiger partial charge on any atom is -0.399 e. The van der Waals surface area contributed by atoms with E-state index in [2.05, 4.69) is 5.32 Å². The molecule has 17 heavy (non-hydrogen) atoms. The second kappa shape index (κ2) is 5.21. The minimum absolute atomic E-state index is 0.176. The van der Waals surface area contributed by atoms with Gasteiger partial charge in [-0.05, 0) is 40.6 Å². The Morgan fingerprint density at radius 3 is 2.88 bits per heavy atom. The molecule has 5 heteroatoms. The molecule has 88 valence electrons. The van der Waals surface area contributed by atoms with Crippen molar-refractivity contribution in [3.05, 3.63) is 51.2 Å². The Hall–Kier alpha value is -1.52. The van der Waals surface area contributed by atoms with Gasteiger partial charge in [0.1, 0.15) is 0 Å². The lowest BCUT2D eigenvalue weighted by molar-refractivity contribution is 0.0951. The van der Waals surface area contributed by atoms with Crippen molar-refractivity contribution in [2.24, 2.45) is 0 Å². The Balaban J connectivity index is 2.04. The summed E-state index contributed by atoms with van der Waals surface area (Å²) in [6.07, 6.45) is 0. The van der Waals surface area contributed by atoms with Crippen molar-refractivity contribution in [3.8, 4) is 0 Å². The number of nitrogen functional groups attached to an aromatic ring is 1. The normalized spacial score (nSPS) is 10.2. The molecule has 0 bridgehead atoms. The van der Waals surface area contributed by atoms with Gasteiger partial charge in [0.15, 0.2) is 0 Å². The first-order valence-corrected chi connectivity index (χ1v) is 6.32. The molecule has 0 unspecified atom stereocenters. The molecule has 1 amide bonds. The lowest BCUT2D eigenvalue weighted by Gasteiger charge is -2.05. The number of hydrogen-bond acceptors (Lipinski definition) is 3. The largest absolute Gasteiger partial charge is 0.399 e. The van der Waals surface area contributed by atoms with Crippen LogP contribution in [0.3, 0.4) is 0 Å². The number of rotatable bonds is 3. The first-order valence-electron chi connectivity index (χ1n) is 5.00. The summed E-state index contributed by atoms with van der Waals surface area (Å²) in [5, 5.41) is 7.24. The number of carbonyl (C=O) groups is 1. The zero-order chi connectivity index (χ0) is 12.3. The van der Waals surface area contributed by atoms with Crippen molar-refractivity contribution in [1.29, 1.82) is 0 Å². The summed E-state index contributed by atoms with van der Waals surface area (Å²) in [7, 11) is 0. The number of amides is 1. The van der Waals surface area contributed by atoms with Crippen molar-refractivity contribution in [1.82, 2.24) is 5.32 Å². The van der Waals surface area contributed by atoms with Crippen molar-refractivity contribution in [3.63, 3.8) is 0 Å². The fraction of sp³-hybridized carbons (Fsp3) is 0.0833. The molecule has 2 aromatic rings. The lowest BCUT2D eigenvalue weighted by Crippen LogP contribution is -2.22. The number of halogens is 1. The van der Waals surface area contributed by atoms with Gasteiger partial charge in [-0.25, -0.2) is 0 Å². The summed E-state index contributed by atoms with van der Waals surface area (Å²) in [6.45, 7) is 0.509. The number of carbonyl (C=O) groups excluding carboxylic acids is 1. The first kappa shape index (κ1) is 12.0. The molecule has 3 N–H and O–H groups in total. The maximum absolute atomic E-state index is 11.8. The third-order valence-corrected chi connectivity index (χ3v) is 3.17. The van der Waals surface area contributed by atoms with Gasteiger partial charge in [-0.3, -0.25) is 4.79 Å². The fourth-order valence-electron chi connectivity index (χ4n) is 1.42. The summed E-state index contributed by atoms with van der Waals surface area (Å²) in [5.41, 5.74) is 7.67. The number of thiophene rings is 1. The Bertz CT molecular complexity index is 505. The zero-order valence-electron chi connectivity index (χ0n) is 8.94. The summed E-state index contributed by atoms with van der Waals surface area (Å²) in [6, 6.07) is 6.78. The molecule has 0 aliphatic carbocycles. The van der Waals surface area contributed by atoms with Gasteiger partial charge in [-0.1, -0.05) is 11.6 Å². The van der Waals surface area contributed by atoms with E-state index in [4.69, 9.17) is 17.3 Å². The number of benzene rings is 1. The van der Waals surface area contributed by atoms with E-state index in [-0.39, 0.29) is 5.91 Å². The van der Waals surface area contributed by atoms with Crippen LogP contribution in [0.1, 0.15) is 15.9 Å². The van der Waals surface area contributed by atoms with E-state index in [1.165, 1.54) is 0 Å². The second-order valence-electron chi connectivity index (χ2n) is 3.59. The van der Waals surface area contributed by atoms with E-state index in [0.717, 1.165) is 5.56 Å². The molecular formula is C12H11ClN2OS. The van der Waals surface area contributed by atoms with Gasteiger partial charge in [0.2, 0.25) is 0 Å². The van der Waals surface area contributed by atoms with E-state index in [0.29, 0.717) is 22.8 Å². The quantitative estimate of drug-likeness (QED) is 0.840. The highest BCUT2D eigenvalue weighted by molar-refractivity contribution is 7.07. The highest BCUT2D eigenvalue weighted by Crippen LogP contribution is 2.16. The predicted molar refractivity (Wildman–Crippen MR) is 71.4 cm³/mol. The van der Waals surface area contributed by atoms with Crippen LogP contribution in [-0.2, 0) is 6.54 Å². The Morgan fingerprint density at radius 1 is 1.41 bits per heavy atom. The number of nitrogens with two attached hydrogens (primary N) is 1. The van der Waals surface area contributed by atoms with E-state index in [9.17, 15) is 4.79 Å². The maximum atomic E-state index is 11.8. The lowest BCUT2D eigenvalue weighted by atomic mass is 10.2. The van der Waals surface area contributed by atoms with Crippen molar-refractivity contribution in [2.75, 3.05) is 5.73 Å². The van der Waals surface area contributed by atoms with Crippen molar-refractivity contribution >= 4 is 34.5 Å². The SMILES string of the molecule is Nc1cc(Cl)cc(C(=O)NCc2ccsc2)c1. The van der Waals surface area contributed by atoms with Crippen LogP contribution in [0, 0.1) is 0 Å². The molecule has 0 aliphatic heterocycles. The summed E-state index contributed by atoms with van der Waals surface area (Å²) in [5.74, 6) is -0.176. The second-order valence-corrected chi connectivity index (χ2v) is 4.80.